The maximum Gasteiger partial charge on any atom is 0.350 e. The summed E-state index contributed by atoms with van der Waals surface area (Å²) in [5.41, 5.74) is 0.968. The quantitative estimate of drug-likeness (QED) is 0.500. The average Bonchev–Trinajstić information content (AvgIpc) is 2.52. The summed E-state index contributed by atoms with van der Waals surface area (Å²) in [4.78, 5) is 35.4. The minimum absolute atomic E-state index is 0.202. The lowest BCUT2D eigenvalue weighted by molar-refractivity contribution is -0.222. The number of carbonyl (C=O) groups is 3. The van der Waals surface area contributed by atoms with Gasteiger partial charge >= 0.3 is 11.9 Å². The maximum atomic E-state index is 12.0. The Kier molecular flexibility index (Phi) is 4.38. The monoisotopic (exact) mass is 354 g/mol. The molecule has 0 aliphatic carbocycles. The number of carbonyl (C=O) groups excluding carboxylic acids is 3. The highest BCUT2D eigenvalue weighted by molar-refractivity contribution is 6.15. The van der Waals surface area contributed by atoms with Crippen molar-refractivity contribution in [3.63, 3.8) is 0 Å². The lowest BCUT2D eigenvalue weighted by Gasteiger charge is -2.29. The molecular weight excluding hydrogens is 336 g/mol. The van der Waals surface area contributed by atoms with Gasteiger partial charge in [-0.15, -0.1) is 0 Å². The van der Waals surface area contributed by atoms with E-state index in [1.165, 1.54) is 27.0 Å². The van der Waals surface area contributed by atoms with Crippen molar-refractivity contribution in [2.24, 2.45) is 0 Å². The van der Waals surface area contributed by atoms with Gasteiger partial charge in [0.1, 0.15) is 0 Å². The number of rotatable bonds is 3. The summed E-state index contributed by atoms with van der Waals surface area (Å²) in [6, 6.07) is 11.1. The van der Waals surface area contributed by atoms with E-state index in [0.717, 1.165) is 10.8 Å². The second kappa shape index (κ2) is 6.51. The van der Waals surface area contributed by atoms with Gasteiger partial charge in [0, 0.05) is 38.0 Å². The van der Waals surface area contributed by atoms with Crippen molar-refractivity contribution in [3.05, 3.63) is 48.2 Å². The van der Waals surface area contributed by atoms with Crippen LogP contribution < -0.4 is 10.6 Å². The minimum Gasteiger partial charge on any atom is -0.419 e. The van der Waals surface area contributed by atoms with Crippen molar-refractivity contribution in [1.82, 2.24) is 0 Å². The van der Waals surface area contributed by atoms with Gasteiger partial charge in [-0.2, -0.15) is 0 Å². The molecule has 0 radical (unpaired) electrons. The van der Waals surface area contributed by atoms with E-state index >= 15 is 0 Å². The largest absolute Gasteiger partial charge is 0.419 e. The molecule has 26 heavy (non-hydrogen) atoms. The summed E-state index contributed by atoms with van der Waals surface area (Å²) >= 11 is 0. The Balaban J connectivity index is 1.93. The highest BCUT2D eigenvalue weighted by Crippen LogP contribution is 2.29. The molecule has 1 aliphatic rings. The zero-order chi connectivity index (χ0) is 18.9. The summed E-state index contributed by atoms with van der Waals surface area (Å²) in [7, 11) is 0. The summed E-state index contributed by atoms with van der Waals surface area (Å²) in [6.07, 6.45) is 1.24. The van der Waals surface area contributed by atoms with Crippen LogP contribution in [0.5, 0.6) is 0 Å². The van der Waals surface area contributed by atoms with Gasteiger partial charge in [-0.1, -0.05) is 24.3 Å². The minimum atomic E-state index is -1.28. The molecule has 3 rings (SSSR count). The first-order chi connectivity index (χ1) is 12.2. The van der Waals surface area contributed by atoms with E-state index in [0.29, 0.717) is 11.4 Å². The van der Waals surface area contributed by atoms with Crippen molar-refractivity contribution in [3.8, 4) is 0 Å². The van der Waals surface area contributed by atoms with E-state index in [1.54, 1.807) is 6.07 Å². The lowest BCUT2D eigenvalue weighted by Crippen LogP contribution is -2.42. The molecule has 1 saturated heterocycles. The Bertz CT molecular complexity index is 924. The summed E-state index contributed by atoms with van der Waals surface area (Å²) in [5, 5.41) is 7.42. The Labute approximate surface area is 150 Å². The Morgan fingerprint density at radius 3 is 2.38 bits per heavy atom. The topological polar surface area (TPSA) is 93.7 Å². The number of benzene rings is 2. The van der Waals surface area contributed by atoms with Crippen LogP contribution in [0.4, 0.5) is 11.4 Å². The van der Waals surface area contributed by atoms with Gasteiger partial charge in [0.15, 0.2) is 5.57 Å². The van der Waals surface area contributed by atoms with Crippen LogP contribution in [-0.2, 0) is 23.9 Å². The maximum absolute atomic E-state index is 12.0. The van der Waals surface area contributed by atoms with E-state index < -0.39 is 17.7 Å². The van der Waals surface area contributed by atoms with Crippen LogP contribution in [0.3, 0.4) is 0 Å². The number of anilines is 2. The molecule has 2 N–H and O–H groups in total. The van der Waals surface area contributed by atoms with Crippen LogP contribution in [0.1, 0.15) is 20.8 Å². The predicted octanol–water partition coefficient (Wildman–Crippen LogP) is 2.93. The fourth-order valence-corrected chi connectivity index (χ4v) is 2.62. The smallest absolute Gasteiger partial charge is 0.350 e. The molecule has 1 heterocycles. The third-order valence-corrected chi connectivity index (χ3v) is 3.67. The van der Waals surface area contributed by atoms with Crippen molar-refractivity contribution >= 4 is 40.0 Å². The van der Waals surface area contributed by atoms with Crippen LogP contribution in [-0.4, -0.2) is 23.6 Å². The molecule has 1 aliphatic heterocycles. The number of nitrogens with one attached hydrogen (secondary N) is 2. The Morgan fingerprint density at radius 1 is 1.08 bits per heavy atom. The molecule has 0 atom stereocenters. The average molecular weight is 354 g/mol. The lowest BCUT2D eigenvalue weighted by atomic mass is 10.1. The molecule has 2 aromatic carbocycles. The first-order valence-corrected chi connectivity index (χ1v) is 7.99. The second-order valence-electron chi connectivity index (χ2n) is 6.31. The highest BCUT2D eigenvalue weighted by Gasteiger charge is 2.38. The molecule has 0 unspecified atom stereocenters. The number of fused-ring (bicyclic) bond motifs is 1. The van der Waals surface area contributed by atoms with E-state index in [1.807, 2.05) is 30.3 Å². The van der Waals surface area contributed by atoms with Crippen LogP contribution in [0.2, 0.25) is 0 Å². The highest BCUT2D eigenvalue weighted by atomic mass is 16.7. The molecule has 7 nitrogen and oxygen atoms in total. The Hall–Kier alpha value is -3.35. The van der Waals surface area contributed by atoms with Crippen molar-refractivity contribution in [2.45, 2.75) is 26.6 Å². The number of amides is 1. The van der Waals surface area contributed by atoms with E-state index in [-0.39, 0.29) is 11.5 Å². The molecule has 0 aromatic heterocycles. The SMILES string of the molecule is CC(=O)Nc1cc(NC=C2C(=O)OC(C)(C)OC2=O)cc2ccccc12. The number of esters is 2. The summed E-state index contributed by atoms with van der Waals surface area (Å²) in [5.74, 6) is -3.01. The molecule has 134 valence electrons. The fourth-order valence-electron chi connectivity index (χ4n) is 2.62. The third kappa shape index (κ3) is 3.66. The van der Waals surface area contributed by atoms with Gasteiger partial charge in [0.05, 0.1) is 5.69 Å². The Morgan fingerprint density at radius 2 is 1.73 bits per heavy atom. The predicted molar refractivity (Wildman–Crippen MR) is 96.2 cm³/mol. The standard InChI is InChI=1S/C19H18N2O5/c1-11(22)21-16-9-13(8-12-6-4-5-7-14(12)16)20-10-15-17(23)25-19(2,3)26-18(15)24/h4-10,20H,1-3H3,(H,21,22). The summed E-state index contributed by atoms with van der Waals surface area (Å²) < 4.78 is 10.1. The zero-order valence-corrected chi connectivity index (χ0v) is 14.6. The van der Waals surface area contributed by atoms with E-state index in [4.69, 9.17) is 9.47 Å². The number of ether oxygens (including phenoxy) is 2. The molecule has 0 saturated carbocycles. The number of hydrogen-bond acceptors (Lipinski definition) is 6. The van der Waals surface area contributed by atoms with Gasteiger partial charge in [-0.3, -0.25) is 4.79 Å². The third-order valence-electron chi connectivity index (χ3n) is 3.67. The second-order valence-corrected chi connectivity index (χ2v) is 6.31. The molecule has 7 heteroatoms. The first-order valence-electron chi connectivity index (χ1n) is 7.99. The van der Waals surface area contributed by atoms with Gasteiger partial charge in [0.2, 0.25) is 5.91 Å². The van der Waals surface area contributed by atoms with Gasteiger partial charge in [-0.25, -0.2) is 9.59 Å². The summed E-state index contributed by atoms with van der Waals surface area (Å²) in [6.45, 7) is 4.39. The molecule has 1 amide bonds. The van der Waals surface area contributed by atoms with Crippen LogP contribution in [0.25, 0.3) is 10.8 Å². The molecule has 0 spiro atoms. The van der Waals surface area contributed by atoms with Crippen LogP contribution >= 0.6 is 0 Å². The molecule has 0 bridgehead atoms. The number of hydrogen-bond donors (Lipinski definition) is 2. The van der Waals surface area contributed by atoms with Crippen molar-refractivity contribution in [1.29, 1.82) is 0 Å². The van der Waals surface area contributed by atoms with E-state index in [9.17, 15) is 14.4 Å². The molecule has 1 fully saturated rings. The van der Waals surface area contributed by atoms with Gasteiger partial charge in [-0.05, 0) is 17.5 Å². The fraction of sp³-hybridized carbons (Fsp3) is 0.211. The van der Waals surface area contributed by atoms with Gasteiger partial charge < -0.3 is 20.1 Å². The first kappa shape index (κ1) is 17.5. The van der Waals surface area contributed by atoms with Crippen LogP contribution in [0, 0.1) is 0 Å². The molecular formula is C19H18N2O5. The van der Waals surface area contributed by atoms with Crippen molar-refractivity contribution < 1.29 is 23.9 Å². The zero-order valence-electron chi connectivity index (χ0n) is 14.6. The molecule has 2 aromatic rings. The van der Waals surface area contributed by atoms with Crippen LogP contribution in [0.15, 0.2) is 48.2 Å². The van der Waals surface area contributed by atoms with E-state index in [2.05, 4.69) is 10.6 Å². The number of cyclic esters (lactones) is 2. The van der Waals surface area contributed by atoms with Gasteiger partial charge in [0.25, 0.3) is 5.79 Å². The van der Waals surface area contributed by atoms with Crippen molar-refractivity contribution in [2.75, 3.05) is 10.6 Å². The normalized spacial score (nSPS) is 15.9.